The fourth-order valence-electron chi connectivity index (χ4n) is 5.89. The van der Waals surface area contributed by atoms with E-state index < -0.39 is 0 Å². The molecule has 5 nitrogen and oxygen atoms in total. The van der Waals surface area contributed by atoms with Gasteiger partial charge >= 0.3 is 0 Å². The number of fused-ring (bicyclic) bond motifs is 2. The first-order valence-corrected chi connectivity index (χ1v) is 13.7. The Morgan fingerprint density at radius 1 is 0.921 bits per heavy atom. The molecule has 2 aliphatic rings. The molecule has 5 heteroatoms. The van der Waals surface area contributed by atoms with Crippen LogP contribution in [0.2, 0.25) is 0 Å². The van der Waals surface area contributed by atoms with Gasteiger partial charge in [-0.25, -0.2) is 0 Å². The van der Waals surface area contributed by atoms with Crippen LogP contribution in [0, 0.1) is 0 Å². The summed E-state index contributed by atoms with van der Waals surface area (Å²) in [6.45, 7) is 11.2. The third-order valence-electron chi connectivity index (χ3n) is 7.94. The predicted octanol–water partition coefficient (Wildman–Crippen LogP) is 5.60. The minimum Gasteiger partial charge on any atom is -0.355 e. The molecule has 2 aromatic rings. The average Bonchev–Trinajstić information content (AvgIpc) is 3.23. The predicted molar refractivity (Wildman–Crippen MR) is 160 cm³/mol. The first-order chi connectivity index (χ1) is 18.2. The number of unbranched alkanes of at least 4 members (excludes halogenated alkanes) is 1. The van der Waals surface area contributed by atoms with Crippen LogP contribution in [-0.2, 0) is 15.6 Å². The largest absolute Gasteiger partial charge is 0.355 e. The molecule has 0 aromatic heterocycles. The van der Waals surface area contributed by atoms with Gasteiger partial charge in [0.15, 0.2) is 5.71 Å². The minimum atomic E-state index is -0.0737. The summed E-state index contributed by atoms with van der Waals surface area (Å²) in [4.78, 5) is 14.2. The third-order valence-corrected chi connectivity index (χ3v) is 7.94. The van der Waals surface area contributed by atoms with Crippen molar-refractivity contribution in [2.24, 2.45) is 0 Å². The zero-order chi connectivity index (χ0) is 27.3. The average molecular weight is 512 g/mol. The molecule has 0 unspecified atom stereocenters. The highest BCUT2D eigenvalue weighted by Gasteiger charge is 2.42. The lowest BCUT2D eigenvalue weighted by atomic mass is 9.81. The monoisotopic (exact) mass is 511 g/mol. The topological polar surface area (TPSA) is 47.4 Å². The molecule has 4 rings (SSSR count). The normalized spacial score (nSPS) is 18.6. The summed E-state index contributed by atoms with van der Waals surface area (Å²) < 4.78 is 2.30. The van der Waals surface area contributed by atoms with Crippen LogP contribution in [0.4, 0.5) is 11.4 Å². The van der Waals surface area contributed by atoms with Crippen molar-refractivity contribution in [3.8, 4) is 0 Å². The van der Waals surface area contributed by atoms with Crippen LogP contribution in [-0.4, -0.2) is 49.9 Å². The van der Waals surface area contributed by atoms with Crippen LogP contribution in [0.1, 0.15) is 51.7 Å². The second-order valence-electron chi connectivity index (χ2n) is 11.3. The SMILES string of the molecule is CNCC(=O)NCCCCN1/C(=C/C=C/C=C/C2=[N+](C)c3ccccc3C2(C)C)C(C)(C)c2ccccc21. The van der Waals surface area contributed by atoms with E-state index in [1.54, 1.807) is 7.05 Å². The molecule has 2 heterocycles. The summed E-state index contributed by atoms with van der Waals surface area (Å²) in [6, 6.07) is 17.4. The van der Waals surface area contributed by atoms with Gasteiger partial charge in [-0.15, -0.1) is 0 Å². The molecule has 0 saturated carbocycles. The van der Waals surface area contributed by atoms with Crippen molar-refractivity contribution in [1.29, 1.82) is 0 Å². The van der Waals surface area contributed by atoms with E-state index >= 15 is 0 Å². The van der Waals surface area contributed by atoms with Crippen LogP contribution in [0.5, 0.6) is 0 Å². The minimum absolute atomic E-state index is 0.0213. The molecule has 38 heavy (non-hydrogen) atoms. The lowest BCUT2D eigenvalue weighted by Gasteiger charge is -2.27. The number of likely N-dealkylation sites (N-methyl/N-ethyl adjacent to an activating group) is 1. The van der Waals surface area contributed by atoms with Crippen LogP contribution in [0.25, 0.3) is 0 Å². The summed E-state index contributed by atoms with van der Waals surface area (Å²) in [6.07, 6.45) is 12.9. The van der Waals surface area contributed by atoms with Gasteiger partial charge < -0.3 is 15.5 Å². The fourth-order valence-corrected chi connectivity index (χ4v) is 5.89. The Kier molecular flexibility index (Phi) is 8.37. The zero-order valence-electron chi connectivity index (χ0n) is 23.8. The van der Waals surface area contributed by atoms with Crippen molar-refractivity contribution in [3.63, 3.8) is 0 Å². The van der Waals surface area contributed by atoms with E-state index in [-0.39, 0.29) is 16.7 Å². The van der Waals surface area contributed by atoms with Gasteiger partial charge in [0.05, 0.1) is 12.0 Å². The number of hydrogen-bond donors (Lipinski definition) is 2. The van der Waals surface area contributed by atoms with Crippen molar-refractivity contribution < 1.29 is 9.37 Å². The Balaban J connectivity index is 1.48. The summed E-state index contributed by atoms with van der Waals surface area (Å²) in [5.74, 6) is 0.0492. The second-order valence-corrected chi connectivity index (χ2v) is 11.3. The number of rotatable bonds is 10. The molecular formula is C33H43N4O+. The van der Waals surface area contributed by atoms with E-state index in [1.807, 2.05) is 0 Å². The summed E-state index contributed by atoms with van der Waals surface area (Å²) in [5, 5.41) is 5.87. The van der Waals surface area contributed by atoms with E-state index in [0.29, 0.717) is 13.1 Å². The summed E-state index contributed by atoms with van der Waals surface area (Å²) >= 11 is 0. The van der Waals surface area contributed by atoms with E-state index in [0.717, 1.165) is 19.4 Å². The Bertz CT molecular complexity index is 1300. The molecule has 2 aromatic carbocycles. The highest BCUT2D eigenvalue weighted by atomic mass is 16.1. The Morgan fingerprint density at radius 2 is 1.63 bits per heavy atom. The molecule has 200 valence electrons. The van der Waals surface area contributed by atoms with Gasteiger partial charge in [-0.2, -0.15) is 4.58 Å². The maximum absolute atomic E-state index is 11.7. The van der Waals surface area contributed by atoms with E-state index in [1.165, 1.54) is 33.9 Å². The molecule has 0 atom stereocenters. The first kappa shape index (κ1) is 27.6. The fraction of sp³-hybridized carbons (Fsp3) is 0.394. The molecule has 0 spiro atoms. The number of anilines is 1. The van der Waals surface area contributed by atoms with Crippen LogP contribution in [0.15, 0.2) is 84.6 Å². The Morgan fingerprint density at radius 3 is 2.37 bits per heavy atom. The summed E-state index contributed by atoms with van der Waals surface area (Å²) in [7, 11) is 3.94. The van der Waals surface area contributed by atoms with Gasteiger partial charge in [0, 0.05) is 47.6 Å². The lowest BCUT2D eigenvalue weighted by Crippen LogP contribution is -2.33. The van der Waals surface area contributed by atoms with Gasteiger partial charge in [-0.3, -0.25) is 4.79 Å². The van der Waals surface area contributed by atoms with Crippen molar-refractivity contribution in [3.05, 3.63) is 95.7 Å². The van der Waals surface area contributed by atoms with Gasteiger partial charge in [0.2, 0.25) is 11.6 Å². The van der Waals surface area contributed by atoms with Gasteiger partial charge in [-0.05, 0) is 51.4 Å². The molecule has 1 amide bonds. The molecule has 0 saturated heterocycles. The highest BCUT2D eigenvalue weighted by molar-refractivity contribution is 6.03. The third kappa shape index (κ3) is 5.39. The molecule has 0 radical (unpaired) electrons. The van der Waals surface area contributed by atoms with E-state index in [4.69, 9.17) is 0 Å². The van der Waals surface area contributed by atoms with E-state index in [9.17, 15) is 4.79 Å². The summed E-state index contributed by atoms with van der Waals surface area (Å²) in [5.41, 5.74) is 7.81. The quantitative estimate of drug-likeness (QED) is 0.248. The number of benzene rings is 2. The molecule has 0 fully saturated rings. The standard InChI is InChI=1S/C33H42N4O/c1-32(2)25-16-10-12-18-27(25)36(6)29(32)20-8-7-9-21-30-33(3,4)26-17-11-13-19-28(26)37(30)23-15-14-22-35-31(38)24-34-5/h7-13,16-21,34H,14-15,22-24H2,1-6H3/p+1. The first-order valence-electron chi connectivity index (χ1n) is 13.7. The second kappa shape index (κ2) is 11.5. The van der Waals surface area contributed by atoms with Crippen LogP contribution < -0.4 is 15.5 Å². The number of allylic oxidation sites excluding steroid dienone is 6. The smallest absolute Gasteiger partial charge is 0.233 e. The number of carbonyl (C=O) groups is 1. The van der Waals surface area contributed by atoms with Crippen LogP contribution >= 0.6 is 0 Å². The number of nitrogens with zero attached hydrogens (tertiary/aromatic N) is 2. The Hall–Kier alpha value is -3.44. The van der Waals surface area contributed by atoms with Crippen molar-refractivity contribution >= 4 is 23.0 Å². The maximum Gasteiger partial charge on any atom is 0.233 e. The maximum atomic E-state index is 11.7. The molecular weight excluding hydrogens is 468 g/mol. The zero-order valence-corrected chi connectivity index (χ0v) is 23.8. The molecule has 0 bridgehead atoms. The number of hydrogen-bond acceptors (Lipinski definition) is 3. The molecule has 2 aliphatic heterocycles. The number of nitrogens with one attached hydrogen (secondary N) is 2. The van der Waals surface area contributed by atoms with Crippen molar-refractivity contribution in [1.82, 2.24) is 10.6 Å². The van der Waals surface area contributed by atoms with E-state index in [2.05, 4.69) is 134 Å². The molecule has 0 aliphatic carbocycles. The van der Waals surface area contributed by atoms with Crippen molar-refractivity contribution in [2.75, 3.05) is 38.6 Å². The number of carbonyl (C=O) groups excluding carboxylic acids is 1. The molecule has 2 N–H and O–H groups in total. The highest BCUT2D eigenvalue weighted by Crippen LogP contribution is 2.47. The van der Waals surface area contributed by atoms with Gasteiger partial charge in [0.1, 0.15) is 7.05 Å². The number of amides is 1. The van der Waals surface area contributed by atoms with Crippen LogP contribution in [0.3, 0.4) is 0 Å². The lowest BCUT2D eigenvalue weighted by molar-refractivity contribution is -0.401. The Labute approximate surface area is 228 Å². The van der Waals surface area contributed by atoms with Gasteiger partial charge in [0.25, 0.3) is 0 Å². The van der Waals surface area contributed by atoms with Gasteiger partial charge in [-0.1, -0.05) is 68.5 Å². The number of para-hydroxylation sites is 2. The van der Waals surface area contributed by atoms with Crippen molar-refractivity contribution in [2.45, 2.75) is 51.4 Å².